The second-order valence-electron chi connectivity index (χ2n) is 3.30. The van der Waals surface area contributed by atoms with Gasteiger partial charge in [0.15, 0.2) is 0 Å². The summed E-state index contributed by atoms with van der Waals surface area (Å²) >= 11 is 0. The summed E-state index contributed by atoms with van der Waals surface area (Å²) in [6, 6.07) is 0.437. The van der Waals surface area contributed by atoms with Gasteiger partial charge in [-0.05, 0) is 19.8 Å². The van der Waals surface area contributed by atoms with E-state index in [2.05, 4.69) is 10.5 Å². The number of hydrogen-bond donors (Lipinski definition) is 1. The fraction of sp³-hybridized carbons (Fsp3) is 0.778. The standard InChI is InChI=1S/C9H17N3O/c1-3-10-11-9-4-6-12(7-5-9)8(2)13/h3,9,11H,4-7H2,1-2H3/b10-3-. The Morgan fingerprint density at radius 2 is 2.15 bits per heavy atom. The van der Waals surface area contributed by atoms with E-state index in [0.717, 1.165) is 25.9 Å². The molecule has 1 amide bonds. The van der Waals surface area contributed by atoms with Crippen molar-refractivity contribution >= 4 is 12.1 Å². The van der Waals surface area contributed by atoms with Crippen LogP contribution < -0.4 is 5.43 Å². The molecule has 0 spiro atoms. The topological polar surface area (TPSA) is 44.7 Å². The molecule has 1 aliphatic rings. The van der Waals surface area contributed by atoms with E-state index >= 15 is 0 Å². The maximum absolute atomic E-state index is 11.0. The van der Waals surface area contributed by atoms with Gasteiger partial charge in [0.2, 0.25) is 5.91 Å². The van der Waals surface area contributed by atoms with Crippen LogP contribution in [0.2, 0.25) is 0 Å². The molecule has 1 heterocycles. The fourth-order valence-corrected chi connectivity index (χ4v) is 1.50. The number of piperidine rings is 1. The lowest BCUT2D eigenvalue weighted by Crippen LogP contribution is -2.42. The number of nitrogens with one attached hydrogen (secondary N) is 1. The van der Waals surface area contributed by atoms with Crippen molar-refractivity contribution in [2.45, 2.75) is 32.7 Å². The number of amides is 1. The minimum absolute atomic E-state index is 0.178. The van der Waals surface area contributed by atoms with Crippen LogP contribution in [0, 0.1) is 0 Å². The van der Waals surface area contributed by atoms with Crippen LogP contribution in [-0.4, -0.2) is 36.2 Å². The zero-order valence-electron chi connectivity index (χ0n) is 8.29. The average Bonchev–Trinajstić information content (AvgIpc) is 2.15. The van der Waals surface area contributed by atoms with E-state index in [1.54, 1.807) is 13.1 Å². The summed E-state index contributed by atoms with van der Waals surface area (Å²) < 4.78 is 0. The second-order valence-corrected chi connectivity index (χ2v) is 3.30. The molecule has 1 saturated heterocycles. The average molecular weight is 183 g/mol. The van der Waals surface area contributed by atoms with E-state index in [-0.39, 0.29) is 5.91 Å². The first-order valence-corrected chi connectivity index (χ1v) is 4.72. The predicted octanol–water partition coefficient (Wildman–Crippen LogP) is 0.593. The Labute approximate surface area is 79.0 Å². The molecular formula is C9H17N3O. The van der Waals surface area contributed by atoms with Gasteiger partial charge in [-0.3, -0.25) is 4.79 Å². The van der Waals surface area contributed by atoms with Crippen LogP contribution in [0.1, 0.15) is 26.7 Å². The van der Waals surface area contributed by atoms with Gasteiger partial charge in [-0.1, -0.05) is 0 Å². The Morgan fingerprint density at radius 3 is 2.62 bits per heavy atom. The third-order valence-corrected chi connectivity index (χ3v) is 2.33. The molecule has 1 N–H and O–H groups in total. The highest BCUT2D eigenvalue weighted by Crippen LogP contribution is 2.09. The fourth-order valence-electron chi connectivity index (χ4n) is 1.50. The molecule has 0 radical (unpaired) electrons. The molecule has 1 fully saturated rings. The molecule has 0 unspecified atom stereocenters. The summed E-state index contributed by atoms with van der Waals surface area (Å²) in [5.41, 5.74) is 3.06. The van der Waals surface area contributed by atoms with Crippen molar-refractivity contribution in [3.63, 3.8) is 0 Å². The summed E-state index contributed by atoms with van der Waals surface area (Å²) in [4.78, 5) is 12.9. The van der Waals surface area contributed by atoms with Gasteiger partial charge in [-0.25, -0.2) is 0 Å². The van der Waals surface area contributed by atoms with Crippen molar-refractivity contribution < 1.29 is 4.79 Å². The molecule has 0 aliphatic carbocycles. The Morgan fingerprint density at radius 1 is 1.54 bits per heavy atom. The van der Waals surface area contributed by atoms with E-state index in [1.165, 1.54) is 0 Å². The Hall–Kier alpha value is -1.06. The van der Waals surface area contributed by atoms with Crippen LogP contribution in [0.3, 0.4) is 0 Å². The zero-order valence-corrected chi connectivity index (χ0v) is 8.29. The lowest BCUT2D eigenvalue weighted by molar-refractivity contribution is -0.129. The summed E-state index contributed by atoms with van der Waals surface area (Å²) in [5.74, 6) is 0.178. The molecule has 0 aromatic carbocycles. The van der Waals surface area contributed by atoms with Crippen LogP contribution in [0.4, 0.5) is 0 Å². The van der Waals surface area contributed by atoms with Gasteiger partial charge in [0.1, 0.15) is 0 Å². The van der Waals surface area contributed by atoms with Crippen molar-refractivity contribution in [3.8, 4) is 0 Å². The molecule has 1 rings (SSSR count). The van der Waals surface area contributed by atoms with Gasteiger partial charge < -0.3 is 10.3 Å². The molecule has 0 atom stereocenters. The number of rotatable bonds is 2. The molecule has 4 nitrogen and oxygen atoms in total. The highest BCUT2D eigenvalue weighted by Gasteiger charge is 2.19. The lowest BCUT2D eigenvalue weighted by atomic mass is 10.1. The van der Waals surface area contributed by atoms with Crippen LogP contribution in [0.15, 0.2) is 5.10 Å². The summed E-state index contributed by atoms with van der Waals surface area (Å²) in [6.07, 6.45) is 3.74. The van der Waals surface area contributed by atoms with Crippen LogP contribution in [0.5, 0.6) is 0 Å². The summed E-state index contributed by atoms with van der Waals surface area (Å²) in [7, 11) is 0. The lowest BCUT2D eigenvalue weighted by Gasteiger charge is -2.30. The highest BCUT2D eigenvalue weighted by atomic mass is 16.2. The number of likely N-dealkylation sites (tertiary alicyclic amines) is 1. The van der Waals surface area contributed by atoms with Crippen LogP contribution in [0.25, 0.3) is 0 Å². The van der Waals surface area contributed by atoms with Gasteiger partial charge in [0.05, 0.1) is 0 Å². The van der Waals surface area contributed by atoms with E-state index in [0.29, 0.717) is 6.04 Å². The molecule has 0 aromatic heterocycles. The first kappa shape index (κ1) is 10.0. The third kappa shape index (κ3) is 3.05. The van der Waals surface area contributed by atoms with Crippen LogP contribution >= 0.6 is 0 Å². The van der Waals surface area contributed by atoms with Crippen molar-refractivity contribution in [1.29, 1.82) is 0 Å². The van der Waals surface area contributed by atoms with Crippen molar-refractivity contribution in [2.75, 3.05) is 13.1 Å². The van der Waals surface area contributed by atoms with Gasteiger partial charge >= 0.3 is 0 Å². The second kappa shape index (κ2) is 4.84. The molecule has 0 aromatic rings. The van der Waals surface area contributed by atoms with E-state index < -0.39 is 0 Å². The van der Waals surface area contributed by atoms with Gasteiger partial charge in [0, 0.05) is 32.3 Å². The largest absolute Gasteiger partial charge is 0.343 e. The van der Waals surface area contributed by atoms with Gasteiger partial charge in [-0.2, -0.15) is 5.10 Å². The monoisotopic (exact) mass is 183 g/mol. The number of nitrogens with zero attached hydrogens (tertiary/aromatic N) is 2. The number of carbonyl (C=O) groups is 1. The molecular weight excluding hydrogens is 166 g/mol. The van der Waals surface area contributed by atoms with Gasteiger partial charge in [0.25, 0.3) is 0 Å². The van der Waals surface area contributed by atoms with Crippen molar-refractivity contribution in [2.24, 2.45) is 5.10 Å². The minimum Gasteiger partial charge on any atom is -0.343 e. The van der Waals surface area contributed by atoms with Gasteiger partial charge in [-0.15, -0.1) is 0 Å². The zero-order chi connectivity index (χ0) is 9.68. The predicted molar refractivity (Wildman–Crippen MR) is 52.6 cm³/mol. The molecule has 74 valence electrons. The van der Waals surface area contributed by atoms with Crippen molar-refractivity contribution in [3.05, 3.63) is 0 Å². The summed E-state index contributed by atoms with van der Waals surface area (Å²) in [5, 5.41) is 3.99. The van der Waals surface area contributed by atoms with Crippen molar-refractivity contribution in [1.82, 2.24) is 10.3 Å². The molecule has 13 heavy (non-hydrogen) atoms. The number of carbonyl (C=O) groups excluding carboxylic acids is 1. The highest BCUT2D eigenvalue weighted by molar-refractivity contribution is 5.73. The SMILES string of the molecule is C/C=N\NC1CCN(C(C)=O)CC1. The molecule has 0 saturated carbocycles. The first-order valence-electron chi connectivity index (χ1n) is 4.72. The van der Waals surface area contributed by atoms with E-state index in [9.17, 15) is 4.79 Å². The van der Waals surface area contributed by atoms with E-state index in [1.807, 2.05) is 11.8 Å². The smallest absolute Gasteiger partial charge is 0.219 e. The normalized spacial score (nSPS) is 19.4. The summed E-state index contributed by atoms with van der Waals surface area (Å²) in [6.45, 7) is 5.22. The Balaban J connectivity index is 2.26. The molecule has 0 bridgehead atoms. The quantitative estimate of drug-likeness (QED) is 0.503. The molecule has 4 heteroatoms. The number of hydrogen-bond acceptors (Lipinski definition) is 3. The Kier molecular flexibility index (Phi) is 3.73. The Bertz CT molecular complexity index is 195. The number of hydrazone groups is 1. The first-order chi connectivity index (χ1) is 6.24. The molecule has 1 aliphatic heterocycles. The minimum atomic E-state index is 0.178. The maximum atomic E-state index is 11.0. The van der Waals surface area contributed by atoms with Crippen LogP contribution in [-0.2, 0) is 4.79 Å². The third-order valence-electron chi connectivity index (χ3n) is 2.33. The van der Waals surface area contributed by atoms with E-state index in [4.69, 9.17) is 0 Å². The maximum Gasteiger partial charge on any atom is 0.219 e.